The van der Waals surface area contributed by atoms with Crippen LogP contribution in [0.4, 0.5) is 0 Å². The van der Waals surface area contributed by atoms with E-state index in [4.69, 9.17) is 0 Å². The van der Waals surface area contributed by atoms with E-state index in [1.165, 1.54) is 0 Å². The van der Waals surface area contributed by atoms with Crippen LogP contribution in [0, 0.1) is 12.3 Å². The molecule has 2 rings (SSSR count). The van der Waals surface area contributed by atoms with Gasteiger partial charge in [0.1, 0.15) is 0 Å². The molecular formula is C13H22N4O. The standard InChI is InChI=1S/C13H22N4O/c1-10-11(8-17(3)16-10)7-15-12(18)13(2)5-4-6-14-9-13/h8,14H,4-7,9H2,1-3H3,(H,15,18). The van der Waals surface area contributed by atoms with Crippen molar-refractivity contribution in [3.05, 3.63) is 17.5 Å². The van der Waals surface area contributed by atoms with Gasteiger partial charge in [0.25, 0.3) is 0 Å². The highest BCUT2D eigenvalue weighted by Crippen LogP contribution is 2.25. The molecule has 1 aliphatic rings. The average molecular weight is 250 g/mol. The number of hydrogen-bond donors (Lipinski definition) is 2. The third-order valence-electron chi connectivity index (χ3n) is 3.70. The van der Waals surface area contributed by atoms with Crippen molar-refractivity contribution in [3.8, 4) is 0 Å². The van der Waals surface area contributed by atoms with Crippen molar-refractivity contribution in [1.82, 2.24) is 20.4 Å². The number of piperidine rings is 1. The molecule has 1 aromatic heterocycles. The highest BCUT2D eigenvalue weighted by molar-refractivity contribution is 5.82. The summed E-state index contributed by atoms with van der Waals surface area (Å²) in [5.74, 6) is 0.137. The molecule has 1 aliphatic heterocycles. The Labute approximate surface area is 108 Å². The Morgan fingerprint density at radius 3 is 3.00 bits per heavy atom. The molecule has 5 heteroatoms. The van der Waals surface area contributed by atoms with Gasteiger partial charge in [-0.15, -0.1) is 0 Å². The van der Waals surface area contributed by atoms with Crippen LogP contribution in [0.5, 0.6) is 0 Å². The van der Waals surface area contributed by atoms with Gasteiger partial charge in [-0.1, -0.05) is 0 Å². The summed E-state index contributed by atoms with van der Waals surface area (Å²) in [6, 6.07) is 0. The molecule has 5 nitrogen and oxygen atoms in total. The zero-order chi connectivity index (χ0) is 13.2. The number of aryl methyl sites for hydroxylation is 2. The van der Waals surface area contributed by atoms with Gasteiger partial charge in [0.05, 0.1) is 11.1 Å². The fourth-order valence-electron chi connectivity index (χ4n) is 2.46. The Morgan fingerprint density at radius 2 is 2.44 bits per heavy atom. The number of nitrogens with one attached hydrogen (secondary N) is 2. The monoisotopic (exact) mass is 250 g/mol. The fourth-order valence-corrected chi connectivity index (χ4v) is 2.46. The smallest absolute Gasteiger partial charge is 0.227 e. The summed E-state index contributed by atoms with van der Waals surface area (Å²) < 4.78 is 1.78. The fraction of sp³-hybridized carbons (Fsp3) is 0.692. The number of hydrogen-bond acceptors (Lipinski definition) is 3. The molecule has 1 amide bonds. The van der Waals surface area contributed by atoms with E-state index in [9.17, 15) is 4.79 Å². The summed E-state index contributed by atoms with van der Waals surface area (Å²) in [6.07, 6.45) is 3.98. The summed E-state index contributed by atoms with van der Waals surface area (Å²) in [5.41, 5.74) is 1.79. The molecular weight excluding hydrogens is 228 g/mol. The first kappa shape index (κ1) is 13.1. The molecule has 0 bridgehead atoms. The normalized spacial score (nSPS) is 23.9. The zero-order valence-corrected chi connectivity index (χ0v) is 11.4. The number of carbonyl (C=O) groups excluding carboxylic acids is 1. The van der Waals surface area contributed by atoms with E-state index in [-0.39, 0.29) is 11.3 Å². The second kappa shape index (κ2) is 5.10. The molecule has 1 unspecified atom stereocenters. The third-order valence-corrected chi connectivity index (χ3v) is 3.70. The van der Waals surface area contributed by atoms with E-state index in [1.54, 1.807) is 4.68 Å². The molecule has 2 heterocycles. The van der Waals surface area contributed by atoms with E-state index in [1.807, 2.05) is 27.1 Å². The molecule has 0 aromatic carbocycles. The average Bonchev–Trinajstić information content (AvgIpc) is 2.65. The van der Waals surface area contributed by atoms with Crippen LogP contribution >= 0.6 is 0 Å². The molecule has 0 radical (unpaired) electrons. The maximum absolute atomic E-state index is 12.2. The van der Waals surface area contributed by atoms with E-state index < -0.39 is 0 Å². The Kier molecular flexibility index (Phi) is 3.71. The number of carbonyl (C=O) groups is 1. The maximum Gasteiger partial charge on any atom is 0.227 e. The topological polar surface area (TPSA) is 59.0 Å². The van der Waals surface area contributed by atoms with Gasteiger partial charge in [-0.05, 0) is 33.2 Å². The van der Waals surface area contributed by atoms with E-state index >= 15 is 0 Å². The molecule has 1 saturated heterocycles. The summed E-state index contributed by atoms with van der Waals surface area (Å²) in [6.45, 7) is 6.35. The van der Waals surface area contributed by atoms with Crippen molar-refractivity contribution in [1.29, 1.82) is 0 Å². The molecule has 1 fully saturated rings. The SMILES string of the molecule is Cc1nn(C)cc1CNC(=O)C1(C)CCCNC1. The zero-order valence-electron chi connectivity index (χ0n) is 11.4. The van der Waals surface area contributed by atoms with Crippen molar-refractivity contribution in [2.75, 3.05) is 13.1 Å². The predicted octanol–water partition coefficient (Wildman–Crippen LogP) is 0.734. The number of amides is 1. The summed E-state index contributed by atoms with van der Waals surface area (Å²) in [4.78, 5) is 12.2. The van der Waals surface area contributed by atoms with E-state index in [0.717, 1.165) is 37.2 Å². The summed E-state index contributed by atoms with van der Waals surface area (Å²) in [7, 11) is 1.89. The number of aromatic nitrogens is 2. The van der Waals surface area contributed by atoms with Crippen LogP contribution in [-0.4, -0.2) is 28.8 Å². The molecule has 0 saturated carbocycles. The van der Waals surface area contributed by atoms with Crippen LogP contribution in [-0.2, 0) is 18.4 Å². The molecule has 0 aliphatic carbocycles. The van der Waals surface area contributed by atoms with E-state index in [0.29, 0.717) is 6.54 Å². The van der Waals surface area contributed by atoms with Crippen LogP contribution < -0.4 is 10.6 Å². The Morgan fingerprint density at radius 1 is 1.67 bits per heavy atom. The Bertz CT molecular complexity index is 432. The molecule has 0 spiro atoms. The Hall–Kier alpha value is -1.36. The lowest BCUT2D eigenvalue weighted by molar-refractivity contribution is -0.131. The van der Waals surface area contributed by atoms with Crippen LogP contribution in [0.25, 0.3) is 0 Å². The van der Waals surface area contributed by atoms with Crippen molar-refractivity contribution in [2.24, 2.45) is 12.5 Å². The van der Waals surface area contributed by atoms with Gasteiger partial charge in [0.15, 0.2) is 0 Å². The van der Waals surface area contributed by atoms with Crippen molar-refractivity contribution < 1.29 is 4.79 Å². The predicted molar refractivity (Wildman–Crippen MR) is 70.0 cm³/mol. The maximum atomic E-state index is 12.2. The highest BCUT2D eigenvalue weighted by Gasteiger charge is 2.34. The first-order chi connectivity index (χ1) is 8.51. The van der Waals surface area contributed by atoms with Gasteiger partial charge >= 0.3 is 0 Å². The van der Waals surface area contributed by atoms with Crippen molar-refractivity contribution in [3.63, 3.8) is 0 Å². The van der Waals surface area contributed by atoms with Gasteiger partial charge < -0.3 is 10.6 Å². The summed E-state index contributed by atoms with van der Waals surface area (Å²) in [5, 5.41) is 10.6. The quantitative estimate of drug-likeness (QED) is 0.831. The highest BCUT2D eigenvalue weighted by atomic mass is 16.2. The lowest BCUT2D eigenvalue weighted by atomic mass is 9.82. The first-order valence-corrected chi connectivity index (χ1v) is 6.49. The first-order valence-electron chi connectivity index (χ1n) is 6.49. The minimum absolute atomic E-state index is 0.137. The lowest BCUT2D eigenvalue weighted by Crippen LogP contribution is -2.48. The van der Waals surface area contributed by atoms with Gasteiger partial charge in [-0.2, -0.15) is 5.10 Å². The molecule has 1 aromatic rings. The number of nitrogens with zero attached hydrogens (tertiary/aromatic N) is 2. The van der Waals surface area contributed by atoms with Crippen LogP contribution in [0.15, 0.2) is 6.20 Å². The lowest BCUT2D eigenvalue weighted by Gasteiger charge is -2.32. The van der Waals surface area contributed by atoms with Crippen molar-refractivity contribution in [2.45, 2.75) is 33.2 Å². The van der Waals surface area contributed by atoms with Crippen molar-refractivity contribution >= 4 is 5.91 Å². The molecule has 18 heavy (non-hydrogen) atoms. The van der Waals surface area contributed by atoms with Gasteiger partial charge in [-0.3, -0.25) is 9.48 Å². The second-order valence-electron chi connectivity index (χ2n) is 5.44. The van der Waals surface area contributed by atoms with Gasteiger partial charge in [0.2, 0.25) is 5.91 Å². The van der Waals surface area contributed by atoms with Gasteiger partial charge in [-0.25, -0.2) is 0 Å². The van der Waals surface area contributed by atoms with Crippen LogP contribution in [0.2, 0.25) is 0 Å². The summed E-state index contributed by atoms with van der Waals surface area (Å²) >= 11 is 0. The minimum atomic E-state index is -0.269. The minimum Gasteiger partial charge on any atom is -0.351 e. The molecule has 2 N–H and O–H groups in total. The molecule has 100 valence electrons. The van der Waals surface area contributed by atoms with E-state index in [2.05, 4.69) is 15.7 Å². The largest absolute Gasteiger partial charge is 0.351 e. The van der Waals surface area contributed by atoms with Crippen LogP contribution in [0.3, 0.4) is 0 Å². The Balaban J connectivity index is 1.93. The molecule has 1 atom stereocenters. The van der Waals surface area contributed by atoms with Crippen LogP contribution in [0.1, 0.15) is 31.0 Å². The third kappa shape index (κ3) is 2.72. The second-order valence-corrected chi connectivity index (χ2v) is 5.44. The van der Waals surface area contributed by atoms with Gasteiger partial charge in [0, 0.05) is 31.9 Å². The number of rotatable bonds is 3.